The molecule has 12 aromatic rings. The molecule has 294 valence electrons. The zero-order valence-electron chi connectivity index (χ0n) is 34.1. The van der Waals surface area contributed by atoms with Gasteiger partial charge in [-0.15, -0.1) is 0 Å². The lowest BCUT2D eigenvalue weighted by atomic mass is 9.95. The molecular weight excluding hydrogens is 767 g/mol. The number of para-hydroxylation sites is 3. The van der Waals surface area contributed by atoms with Crippen LogP contribution in [0.1, 0.15) is 0 Å². The summed E-state index contributed by atoms with van der Waals surface area (Å²) >= 11 is 0. The van der Waals surface area contributed by atoms with Gasteiger partial charge in [-0.25, -0.2) is 19.9 Å². The maximum absolute atomic E-state index is 5.27. The first-order chi connectivity index (χ1) is 31.2. The molecule has 0 bridgehead atoms. The van der Waals surface area contributed by atoms with Crippen molar-refractivity contribution in [2.24, 2.45) is 0 Å². The van der Waals surface area contributed by atoms with E-state index in [0.29, 0.717) is 17.5 Å². The molecule has 0 fully saturated rings. The van der Waals surface area contributed by atoms with Crippen LogP contribution in [0.5, 0.6) is 0 Å². The zero-order chi connectivity index (χ0) is 41.7. The average Bonchev–Trinajstić information content (AvgIpc) is 3.72. The lowest BCUT2D eigenvalue weighted by Crippen LogP contribution is -2.00. The summed E-state index contributed by atoms with van der Waals surface area (Å²) < 4.78 is 2.43. The second-order valence-corrected chi connectivity index (χ2v) is 15.8. The molecule has 5 nitrogen and oxygen atoms in total. The van der Waals surface area contributed by atoms with Crippen LogP contribution in [0.4, 0.5) is 0 Å². The van der Waals surface area contributed by atoms with Gasteiger partial charge in [0.05, 0.1) is 22.2 Å². The summed E-state index contributed by atoms with van der Waals surface area (Å²) in [5.74, 6) is 1.86. The first-order valence-corrected chi connectivity index (χ1v) is 21.2. The van der Waals surface area contributed by atoms with E-state index in [4.69, 9.17) is 19.9 Å². The predicted octanol–water partition coefficient (Wildman–Crippen LogP) is 14.7. The maximum atomic E-state index is 5.27. The van der Waals surface area contributed by atoms with Crippen LogP contribution < -0.4 is 0 Å². The number of hydrogen-bond acceptors (Lipinski definition) is 4. The zero-order valence-corrected chi connectivity index (χ0v) is 34.1. The van der Waals surface area contributed by atoms with E-state index in [0.717, 1.165) is 83.2 Å². The number of aromatic nitrogens is 5. The Kier molecular flexibility index (Phi) is 8.75. The van der Waals surface area contributed by atoms with Crippen molar-refractivity contribution in [1.29, 1.82) is 0 Å². The van der Waals surface area contributed by atoms with Gasteiger partial charge in [-0.2, -0.15) is 0 Å². The van der Waals surface area contributed by atoms with Crippen molar-refractivity contribution in [1.82, 2.24) is 24.5 Å². The Morgan fingerprint density at radius 2 is 0.810 bits per heavy atom. The second kappa shape index (κ2) is 15.2. The highest BCUT2D eigenvalue weighted by Crippen LogP contribution is 2.45. The van der Waals surface area contributed by atoms with E-state index in [1.54, 1.807) is 0 Å². The van der Waals surface area contributed by atoms with Gasteiger partial charge in [0.15, 0.2) is 17.5 Å². The molecule has 0 radical (unpaired) electrons. The molecule has 12 rings (SSSR count). The molecule has 0 aliphatic heterocycles. The summed E-state index contributed by atoms with van der Waals surface area (Å²) in [6, 6.07) is 78.6. The van der Waals surface area contributed by atoms with Gasteiger partial charge in [0.25, 0.3) is 0 Å². The number of benzene rings is 9. The Morgan fingerprint density at radius 1 is 0.302 bits per heavy atom. The Morgan fingerprint density at radius 3 is 1.51 bits per heavy atom. The normalized spacial score (nSPS) is 11.5. The minimum atomic E-state index is 0.611. The molecule has 3 aromatic heterocycles. The van der Waals surface area contributed by atoms with Crippen LogP contribution in [0.15, 0.2) is 224 Å². The van der Waals surface area contributed by atoms with Crippen LogP contribution in [-0.2, 0) is 0 Å². The lowest BCUT2D eigenvalue weighted by Gasteiger charge is -2.13. The van der Waals surface area contributed by atoms with Crippen LogP contribution in [-0.4, -0.2) is 24.5 Å². The molecule has 3 heterocycles. The molecule has 0 saturated heterocycles. The van der Waals surface area contributed by atoms with E-state index >= 15 is 0 Å². The quantitative estimate of drug-likeness (QED) is 0.151. The van der Waals surface area contributed by atoms with Crippen LogP contribution in [0, 0.1) is 0 Å². The Hall–Kier alpha value is -8.54. The fourth-order valence-electron chi connectivity index (χ4n) is 9.14. The third-order valence-electron chi connectivity index (χ3n) is 12.0. The summed E-state index contributed by atoms with van der Waals surface area (Å²) in [4.78, 5) is 20.7. The van der Waals surface area contributed by atoms with Gasteiger partial charge in [0, 0.05) is 60.4 Å². The molecule has 0 atom stereocenters. The largest absolute Gasteiger partial charge is 0.309 e. The van der Waals surface area contributed by atoms with E-state index in [-0.39, 0.29) is 0 Å². The van der Waals surface area contributed by atoms with Crippen molar-refractivity contribution in [2.75, 3.05) is 0 Å². The van der Waals surface area contributed by atoms with E-state index in [1.165, 1.54) is 16.2 Å². The lowest BCUT2D eigenvalue weighted by molar-refractivity contribution is 1.07. The Balaban J connectivity index is 1.09. The van der Waals surface area contributed by atoms with Gasteiger partial charge in [0.1, 0.15) is 0 Å². The summed E-state index contributed by atoms with van der Waals surface area (Å²) in [7, 11) is 0. The second-order valence-electron chi connectivity index (χ2n) is 15.8. The molecule has 5 heteroatoms. The molecule has 63 heavy (non-hydrogen) atoms. The summed E-state index contributed by atoms with van der Waals surface area (Å²) in [5, 5.41) is 5.83. The molecule has 0 amide bonds. The summed E-state index contributed by atoms with van der Waals surface area (Å²) in [6.45, 7) is 0. The number of pyridine rings is 1. The molecule has 0 N–H and O–H groups in total. The highest BCUT2D eigenvalue weighted by atomic mass is 15.0. The molecule has 0 aliphatic carbocycles. The van der Waals surface area contributed by atoms with E-state index in [1.807, 2.05) is 24.3 Å². The Labute approximate surface area is 364 Å². The van der Waals surface area contributed by atoms with Crippen LogP contribution in [0.2, 0.25) is 0 Å². The van der Waals surface area contributed by atoms with E-state index < -0.39 is 0 Å². The van der Waals surface area contributed by atoms with Gasteiger partial charge < -0.3 is 4.57 Å². The highest BCUT2D eigenvalue weighted by molar-refractivity contribution is 6.30. The van der Waals surface area contributed by atoms with Crippen molar-refractivity contribution >= 4 is 43.5 Å². The molecule has 0 aliphatic rings. The third kappa shape index (κ3) is 6.34. The highest BCUT2D eigenvalue weighted by Gasteiger charge is 2.22. The molecule has 9 aromatic carbocycles. The smallest absolute Gasteiger partial charge is 0.164 e. The fraction of sp³-hybridized carbons (Fsp3) is 0. The SMILES string of the molecule is c1ccc(-c2cccc(-c3nc(-c4ccccc4)nc(-c4cccc(-c5cccc6c7c8c(ccc7n(-c7ccccc7)c56)c(-c5ccccc5)nc5ccccc58)c4)n3)c2)cc1. The van der Waals surface area contributed by atoms with Crippen molar-refractivity contribution in [2.45, 2.75) is 0 Å². The summed E-state index contributed by atoms with van der Waals surface area (Å²) in [6.07, 6.45) is 0. The molecule has 0 saturated carbocycles. The minimum absolute atomic E-state index is 0.611. The van der Waals surface area contributed by atoms with Gasteiger partial charge >= 0.3 is 0 Å². The van der Waals surface area contributed by atoms with Crippen molar-refractivity contribution in [3.05, 3.63) is 224 Å². The number of rotatable bonds is 7. The first-order valence-electron chi connectivity index (χ1n) is 21.2. The minimum Gasteiger partial charge on any atom is -0.309 e. The molecular formula is C58H37N5. The average molecular weight is 804 g/mol. The van der Waals surface area contributed by atoms with Gasteiger partial charge in [-0.3, -0.25) is 0 Å². The molecule has 0 unspecified atom stereocenters. The van der Waals surface area contributed by atoms with E-state index in [9.17, 15) is 0 Å². The van der Waals surface area contributed by atoms with Crippen LogP contribution >= 0.6 is 0 Å². The van der Waals surface area contributed by atoms with Crippen molar-refractivity contribution < 1.29 is 0 Å². The first kappa shape index (κ1) is 36.3. The Bertz CT molecular complexity index is 3660. The summed E-state index contributed by atoms with van der Waals surface area (Å²) in [5.41, 5.74) is 13.6. The monoisotopic (exact) mass is 803 g/mol. The standard InChI is InChI=1S/C58H37N5/c1-5-18-38(19-6-1)41-24-15-26-43(36-41)57-60-56(40-22-9-3-10-23-40)61-58(62-57)44-27-16-25-42(37-44)46-31-17-32-49-53-51(63(55(46)49)45-28-11-4-12-29-45)35-34-48-52(53)47-30-13-14-33-50(47)59-54(48)39-20-7-2-8-21-39/h1-37H. The predicted molar refractivity (Wildman–Crippen MR) is 260 cm³/mol. The van der Waals surface area contributed by atoms with Gasteiger partial charge in [-0.05, 0) is 53.1 Å². The fourth-order valence-corrected chi connectivity index (χ4v) is 9.14. The number of hydrogen-bond donors (Lipinski definition) is 0. The number of nitrogens with zero attached hydrogens (tertiary/aromatic N) is 5. The van der Waals surface area contributed by atoms with Gasteiger partial charge in [0.2, 0.25) is 0 Å². The van der Waals surface area contributed by atoms with Crippen molar-refractivity contribution in [3.8, 4) is 73.4 Å². The van der Waals surface area contributed by atoms with Crippen LogP contribution in [0.25, 0.3) is 117 Å². The topological polar surface area (TPSA) is 56.5 Å². The van der Waals surface area contributed by atoms with Gasteiger partial charge in [-0.1, -0.05) is 188 Å². The van der Waals surface area contributed by atoms with Crippen LogP contribution in [0.3, 0.4) is 0 Å². The third-order valence-corrected chi connectivity index (χ3v) is 12.0. The number of fused-ring (bicyclic) bond motifs is 7. The van der Waals surface area contributed by atoms with E-state index in [2.05, 4.69) is 205 Å². The maximum Gasteiger partial charge on any atom is 0.164 e. The van der Waals surface area contributed by atoms with Crippen molar-refractivity contribution in [3.63, 3.8) is 0 Å². The molecule has 0 spiro atoms.